The molecule has 0 aromatic rings. The van der Waals surface area contributed by atoms with Gasteiger partial charge in [-0.3, -0.25) is 19.2 Å². The second-order valence-corrected chi connectivity index (χ2v) is 15.4. The quantitative estimate of drug-likeness (QED) is 0.141. The maximum atomic E-state index is 11.7. The van der Waals surface area contributed by atoms with Crippen molar-refractivity contribution in [1.29, 1.82) is 0 Å². The van der Waals surface area contributed by atoms with Crippen LogP contribution in [0.15, 0.2) is 22.3 Å². The van der Waals surface area contributed by atoms with Crippen LogP contribution < -0.4 is 21.3 Å². The van der Waals surface area contributed by atoms with Gasteiger partial charge in [0.25, 0.3) is 0 Å². The van der Waals surface area contributed by atoms with Gasteiger partial charge in [0.05, 0.1) is 0 Å². The van der Waals surface area contributed by atoms with Gasteiger partial charge in [-0.1, -0.05) is 36.1 Å². The van der Waals surface area contributed by atoms with Gasteiger partial charge in [-0.2, -0.15) is 0 Å². The standard InChI is InChI=1S/C36H56N4O8/c1-17-21(5-9-33(41)42)29-14-27-19(3)22(6-10-34(43)44)30(39-27)15-28-20(4)24(8-12-36(47)48)32(40-28)16-31-23(7-11-35(45)46)18(2)26(38-31)13-25(17)37-29/h18-19,22-23,25-32,37-40H,5-16H2,1-4H3,(H,41,42)(H,43,44)(H,45,46)(H,47,48). The van der Waals surface area contributed by atoms with E-state index in [1.807, 2.05) is 0 Å². The minimum Gasteiger partial charge on any atom is -0.481 e. The summed E-state index contributed by atoms with van der Waals surface area (Å²) in [6, 6.07) is 0.397. The third kappa shape index (κ3) is 8.14. The second kappa shape index (κ2) is 15.4. The molecule has 5 rings (SSSR count). The first kappa shape index (κ1) is 36.5. The van der Waals surface area contributed by atoms with Crippen LogP contribution in [0.4, 0.5) is 0 Å². The molecule has 12 heteroatoms. The number of nitrogens with one attached hydrogen (secondary N) is 4. The molecule has 12 atom stereocenters. The summed E-state index contributed by atoms with van der Waals surface area (Å²) in [5.74, 6) is -2.56. The molecule has 12 nitrogen and oxygen atoms in total. The van der Waals surface area contributed by atoms with Crippen LogP contribution in [0.25, 0.3) is 0 Å². The smallest absolute Gasteiger partial charge is 0.303 e. The average Bonchev–Trinajstić information content (AvgIpc) is 3.66. The van der Waals surface area contributed by atoms with Crippen LogP contribution in [-0.4, -0.2) is 92.6 Å². The summed E-state index contributed by atoms with van der Waals surface area (Å²) in [5, 5.41) is 54.0. The fourth-order valence-corrected chi connectivity index (χ4v) is 10.1. The third-order valence-electron chi connectivity index (χ3n) is 12.8. The van der Waals surface area contributed by atoms with Crippen molar-refractivity contribution in [3.8, 4) is 0 Å². The Hall–Kier alpha value is -2.80. The summed E-state index contributed by atoms with van der Waals surface area (Å²) in [6.07, 6.45) is 5.43. The van der Waals surface area contributed by atoms with Crippen molar-refractivity contribution in [2.45, 2.75) is 153 Å². The zero-order valence-corrected chi connectivity index (χ0v) is 28.8. The first-order valence-electron chi connectivity index (χ1n) is 18.0. The van der Waals surface area contributed by atoms with E-state index in [4.69, 9.17) is 0 Å². The monoisotopic (exact) mass is 672 g/mol. The van der Waals surface area contributed by atoms with Crippen LogP contribution in [0.2, 0.25) is 0 Å². The fourth-order valence-electron chi connectivity index (χ4n) is 10.1. The summed E-state index contributed by atoms with van der Waals surface area (Å²) in [6.45, 7) is 8.66. The number of hydrogen-bond acceptors (Lipinski definition) is 8. The van der Waals surface area contributed by atoms with E-state index in [-0.39, 0.29) is 97.7 Å². The van der Waals surface area contributed by atoms with Crippen LogP contribution in [0.1, 0.15) is 105 Å². The van der Waals surface area contributed by atoms with E-state index in [9.17, 15) is 39.6 Å². The van der Waals surface area contributed by atoms with Gasteiger partial charge in [0.2, 0.25) is 0 Å². The minimum atomic E-state index is -0.834. The van der Waals surface area contributed by atoms with Crippen LogP contribution >= 0.6 is 0 Å². The van der Waals surface area contributed by atoms with Crippen molar-refractivity contribution in [3.05, 3.63) is 22.3 Å². The molecular weight excluding hydrogens is 616 g/mol. The Labute approximate surface area is 283 Å². The lowest BCUT2D eigenvalue weighted by molar-refractivity contribution is -0.138. The maximum absolute atomic E-state index is 11.7. The molecule has 268 valence electrons. The lowest BCUT2D eigenvalue weighted by Gasteiger charge is -2.28. The van der Waals surface area contributed by atoms with Gasteiger partial charge >= 0.3 is 23.9 Å². The summed E-state index contributed by atoms with van der Waals surface area (Å²) < 4.78 is 0. The lowest BCUT2D eigenvalue weighted by atomic mass is 9.80. The van der Waals surface area contributed by atoms with E-state index in [1.165, 1.54) is 16.7 Å². The van der Waals surface area contributed by atoms with Crippen molar-refractivity contribution in [3.63, 3.8) is 0 Å². The van der Waals surface area contributed by atoms with E-state index in [0.717, 1.165) is 31.3 Å². The minimum absolute atomic E-state index is 0.00892. The Morgan fingerprint density at radius 3 is 1.23 bits per heavy atom. The normalized spacial score (nSPS) is 38.1. The van der Waals surface area contributed by atoms with Crippen LogP contribution in [-0.2, 0) is 19.2 Å². The largest absolute Gasteiger partial charge is 0.481 e. The molecule has 3 fully saturated rings. The van der Waals surface area contributed by atoms with Crippen LogP contribution in [0.5, 0.6) is 0 Å². The summed E-state index contributed by atoms with van der Waals surface area (Å²) >= 11 is 0. The van der Waals surface area contributed by atoms with Crippen molar-refractivity contribution >= 4 is 23.9 Å². The molecule has 5 aliphatic rings. The Kier molecular flexibility index (Phi) is 11.7. The molecule has 0 amide bonds. The molecule has 8 bridgehead atoms. The number of carboxylic acids is 4. The summed E-state index contributed by atoms with van der Waals surface area (Å²) in [7, 11) is 0. The molecule has 0 spiro atoms. The molecule has 0 radical (unpaired) electrons. The van der Waals surface area contributed by atoms with Gasteiger partial charge in [0.15, 0.2) is 0 Å². The molecule has 0 aliphatic carbocycles. The Balaban J connectivity index is 1.51. The maximum Gasteiger partial charge on any atom is 0.303 e. The number of carbonyl (C=O) groups is 4. The lowest BCUT2D eigenvalue weighted by Crippen LogP contribution is -2.46. The summed E-state index contributed by atoms with van der Waals surface area (Å²) in [4.78, 5) is 46.8. The van der Waals surface area contributed by atoms with Crippen molar-refractivity contribution < 1.29 is 39.6 Å². The first-order valence-corrected chi connectivity index (χ1v) is 18.0. The number of fused-ring (bicyclic) bond motifs is 8. The Bertz CT molecular complexity index is 1310. The summed E-state index contributed by atoms with van der Waals surface area (Å²) in [5.41, 5.74) is 4.66. The second-order valence-electron chi connectivity index (χ2n) is 15.4. The number of rotatable bonds is 12. The zero-order chi connectivity index (χ0) is 34.9. The Morgan fingerprint density at radius 2 is 0.854 bits per heavy atom. The number of aliphatic carboxylic acids is 4. The number of carboxylic acid groups (broad SMARTS) is 4. The highest BCUT2D eigenvalue weighted by atomic mass is 16.4. The highest BCUT2D eigenvalue weighted by molar-refractivity contribution is 5.68. The van der Waals surface area contributed by atoms with E-state index in [2.05, 4.69) is 49.0 Å². The molecule has 8 N–H and O–H groups in total. The van der Waals surface area contributed by atoms with Gasteiger partial charge in [0, 0.05) is 74.0 Å². The SMILES string of the molecule is CC1=C(CCC(=O)O)C2CC3NC(CC4NC(CC5NC(CC1N2)C(C)C5CCC(=O)O)C(CCC(=O)O)=C4C)C(CCC(=O)O)C3C. The predicted molar refractivity (Wildman–Crippen MR) is 180 cm³/mol. The van der Waals surface area contributed by atoms with Crippen molar-refractivity contribution in [1.82, 2.24) is 21.3 Å². The van der Waals surface area contributed by atoms with E-state index in [0.29, 0.717) is 25.7 Å². The van der Waals surface area contributed by atoms with Gasteiger partial charge < -0.3 is 41.7 Å². The van der Waals surface area contributed by atoms with Crippen molar-refractivity contribution in [2.24, 2.45) is 23.7 Å². The van der Waals surface area contributed by atoms with E-state index in [1.54, 1.807) is 0 Å². The Morgan fingerprint density at radius 1 is 0.521 bits per heavy atom. The molecule has 12 unspecified atom stereocenters. The van der Waals surface area contributed by atoms with Crippen molar-refractivity contribution in [2.75, 3.05) is 0 Å². The molecule has 48 heavy (non-hydrogen) atoms. The first-order chi connectivity index (χ1) is 22.7. The number of hydrogen-bond donors (Lipinski definition) is 8. The molecule has 5 aliphatic heterocycles. The van der Waals surface area contributed by atoms with E-state index >= 15 is 0 Å². The third-order valence-corrected chi connectivity index (χ3v) is 12.8. The highest BCUT2D eigenvalue weighted by Gasteiger charge is 2.48. The zero-order valence-electron chi connectivity index (χ0n) is 28.8. The van der Waals surface area contributed by atoms with Gasteiger partial charge in [-0.25, -0.2) is 0 Å². The van der Waals surface area contributed by atoms with E-state index < -0.39 is 23.9 Å². The van der Waals surface area contributed by atoms with Gasteiger partial charge in [-0.15, -0.1) is 0 Å². The molecule has 3 saturated heterocycles. The molecule has 0 aromatic carbocycles. The predicted octanol–water partition coefficient (Wildman–Crippen LogP) is 3.52. The van der Waals surface area contributed by atoms with Crippen LogP contribution in [0, 0.1) is 23.7 Å². The molecule has 5 heterocycles. The van der Waals surface area contributed by atoms with Crippen LogP contribution in [0.3, 0.4) is 0 Å². The molecule has 0 aromatic heterocycles. The highest BCUT2D eigenvalue weighted by Crippen LogP contribution is 2.43. The van der Waals surface area contributed by atoms with Gasteiger partial charge in [-0.05, 0) is 88.9 Å². The molecule has 0 saturated carbocycles. The fraction of sp³-hybridized carbons (Fsp3) is 0.778. The topological polar surface area (TPSA) is 197 Å². The molecular formula is C36H56N4O8. The average molecular weight is 673 g/mol. The van der Waals surface area contributed by atoms with Gasteiger partial charge in [0.1, 0.15) is 0 Å².